The van der Waals surface area contributed by atoms with Gasteiger partial charge in [-0.3, -0.25) is 4.79 Å². The van der Waals surface area contributed by atoms with Gasteiger partial charge in [0.1, 0.15) is 6.10 Å². The Hall–Kier alpha value is -0.530. The number of rotatable bonds is 0. The van der Waals surface area contributed by atoms with E-state index in [4.69, 9.17) is 4.74 Å². The highest BCUT2D eigenvalue weighted by Gasteiger charge is 2.75. The van der Waals surface area contributed by atoms with Crippen molar-refractivity contribution < 1.29 is 9.53 Å². The van der Waals surface area contributed by atoms with Crippen LogP contribution >= 0.6 is 0 Å². The van der Waals surface area contributed by atoms with E-state index in [1.54, 1.807) is 0 Å². The second-order valence-electron chi connectivity index (χ2n) is 3.52. The Morgan fingerprint density at radius 3 is 3.22 bits per heavy atom. The van der Waals surface area contributed by atoms with E-state index in [1.165, 1.54) is 12.8 Å². The van der Waals surface area contributed by atoms with E-state index in [9.17, 15) is 4.79 Å². The van der Waals surface area contributed by atoms with E-state index in [-0.39, 0.29) is 5.97 Å². The van der Waals surface area contributed by atoms with Crippen LogP contribution in [0, 0.1) is 11.3 Å². The zero-order valence-corrected chi connectivity index (χ0v) is 5.09. The van der Waals surface area contributed by atoms with Gasteiger partial charge < -0.3 is 4.74 Å². The van der Waals surface area contributed by atoms with Crippen LogP contribution in [0.3, 0.4) is 0 Å². The molecule has 0 aromatic rings. The lowest BCUT2D eigenvalue weighted by molar-refractivity contribution is -0.148. The zero-order valence-electron chi connectivity index (χ0n) is 5.09. The van der Waals surface area contributed by atoms with Gasteiger partial charge in [0.2, 0.25) is 0 Å². The summed E-state index contributed by atoms with van der Waals surface area (Å²) < 4.78 is 5.07. The van der Waals surface area contributed by atoms with Gasteiger partial charge in [-0.05, 0) is 18.8 Å². The number of hydrogen-bond donors (Lipinski definition) is 0. The first-order valence-electron chi connectivity index (χ1n) is 3.51. The average molecular weight is 124 g/mol. The van der Waals surface area contributed by atoms with Crippen LogP contribution in [0.4, 0.5) is 0 Å². The van der Waals surface area contributed by atoms with Crippen molar-refractivity contribution in [2.75, 3.05) is 0 Å². The average Bonchev–Trinajstić information content (AvgIpc) is 2.50. The van der Waals surface area contributed by atoms with E-state index < -0.39 is 0 Å². The minimum atomic E-state index is 0.0376. The van der Waals surface area contributed by atoms with E-state index >= 15 is 0 Å². The van der Waals surface area contributed by atoms with Gasteiger partial charge in [-0.1, -0.05) is 0 Å². The molecule has 1 spiro atoms. The van der Waals surface area contributed by atoms with E-state index in [1.807, 2.05) is 0 Å². The molecule has 0 radical (unpaired) electrons. The number of hydrogen-bond acceptors (Lipinski definition) is 2. The van der Waals surface area contributed by atoms with Crippen LogP contribution in [0.5, 0.6) is 0 Å². The van der Waals surface area contributed by atoms with Crippen molar-refractivity contribution in [3.8, 4) is 0 Å². The van der Waals surface area contributed by atoms with Crippen LogP contribution in [-0.2, 0) is 9.53 Å². The Bertz CT molecular complexity index is 177. The number of carbonyl (C=O) groups excluding carboxylic acids is 1. The molecule has 0 aromatic carbocycles. The molecular formula is C7H8O2. The summed E-state index contributed by atoms with van der Waals surface area (Å²) in [6.07, 6.45) is 3.49. The number of ether oxygens (including phenoxy) is 1. The molecule has 0 bridgehead atoms. The molecule has 2 nitrogen and oxygen atoms in total. The van der Waals surface area contributed by atoms with E-state index in [0.29, 0.717) is 17.9 Å². The highest BCUT2D eigenvalue weighted by atomic mass is 16.6. The fraction of sp³-hybridized carbons (Fsp3) is 0.857. The lowest BCUT2D eigenvalue weighted by atomic mass is 10.2. The summed E-state index contributed by atoms with van der Waals surface area (Å²) in [5.74, 6) is 0.763. The summed E-state index contributed by atoms with van der Waals surface area (Å²) in [5.41, 5.74) is 0.550. The molecule has 2 aliphatic carbocycles. The van der Waals surface area contributed by atoms with Gasteiger partial charge in [0, 0.05) is 11.8 Å². The Labute approximate surface area is 53.2 Å². The first kappa shape index (κ1) is 4.31. The fourth-order valence-electron chi connectivity index (χ4n) is 2.17. The van der Waals surface area contributed by atoms with Gasteiger partial charge in [-0.2, -0.15) is 0 Å². The molecule has 0 amide bonds. The maximum absolute atomic E-state index is 10.7. The molecule has 0 N–H and O–H groups in total. The monoisotopic (exact) mass is 124 g/mol. The molecule has 48 valence electrons. The van der Waals surface area contributed by atoms with Crippen molar-refractivity contribution >= 4 is 5.97 Å². The van der Waals surface area contributed by atoms with Crippen molar-refractivity contribution in [2.24, 2.45) is 11.3 Å². The largest absolute Gasteiger partial charge is 0.462 e. The fourth-order valence-corrected chi connectivity index (χ4v) is 2.17. The molecule has 3 rings (SSSR count). The molecule has 1 heterocycles. The maximum atomic E-state index is 10.7. The van der Waals surface area contributed by atoms with Crippen molar-refractivity contribution in [1.82, 2.24) is 0 Å². The minimum absolute atomic E-state index is 0.0376. The number of carbonyl (C=O) groups is 1. The zero-order chi connectivity index (χ0) is 6.06. The molecule has 3 fully saturated rings. The van der Waals surface area contributed by atoms with Crippen LogP contribution in [0.25, 0.3) is 0 Å². The third-order valence-corrected chi connectivity index (χ3v) is 3.01. The molecule has 3 aliphatic rings. The molecule has 9 heavy (non-hydrogen) atoms. The second kappa shape index (κ2) is 0.917. The highest BCUT2D eigenvalue weighted by Crippen LogP contribution is 2.74. The Balaban J connectivity index is 1.95. The van der Waals surface area contributed by atoms with Gasteiger partial charge in [0.05, 0.1) is 0 Å². The molecule has 3 atom stereocenters. The van der Waals surface area contributed by atoms with Crippen LogP contribution < -0.4 is 0 Å². The summed E-state index contributed by atoms with van der Waals surface area (Å²) in [4.78, 5) is 10.7. The van der Waals surface area contributed by atoms with Crippen molar-refractivity contribution in [2.45, 2.75) is 25.4 Å². The first-order valence-corrected chi connectivity index (χ1v) is 3.51. The SMILES string of the molecule is O=C1CC2CC23CC3O1. The summed E-state index contributed by atoms with van der Waals surface area (Å²) in [7, 11) is 0. The Morgan fingerprint density at radius 2 is 2.44 bits per heavy atom. The summed E-state index contributed by atoms with van der Waals surface area (Å²) in [6, 6.07) is 0. The quantitative estimate of drug-likeness (QED) is 0.444. The highest BCUT2D eigenvalue weighted by molar-refractivity contribution is 5.73. The maximum Gasteiger partial charge on any atom is 0.306 e. The third kappa shape index (κ3) is 0.345. The minimum Gasteiger partial charge on any atom is -0.462 e. The molecule has 1 aliphatic heterocycles. The van der Waals surface area contributed by atoms with Gasteiger partial charge in [0.15, 0.2) is 0 Å². The summed E-state index contributed by atoms with van der Waals surface area (Å²) in [5, 5.41) is 0. The van der Waals surface area contributed by atoms with Crippen molar-refractivity contribution in [1.29, 1.82) is 0 Å². The van der Waals surface area contributed by atoms with Gasteiger partial charge in [-0.15, -0.1) is 0 Å². The predicted molar refractivity (Wildman–Crippen MR) is 29.7 cm³/mol. The topological polar surface area (TPSA) is 26.3 Å². The van der Waals surface area contributed by atoms with Gasteiger partial charge >= 0.3 is 5.97 Å². The molecule has 0 aromatic heterocycles. The molecule has 2 saturated carbocycles. The standard InChI is InChI=1S/C7H8O2/c8-6-1-4-2-7(4)3-5(7)9-6/h4-5H,1-3H2. The van der Waals surface area contributed by atoms with Crippen molar-refractivity contribution in [3.05, 3.63) is 0 Å². The molecule has 2 heteroatoms. The van der Waals surface area contributed by atoms with Crippen LogP contribution in [0.15, 0.2) is 0 Å². The third-order valence-electron chi connectivity index (χ3n) is 3.01. The van der Waals surface area contributed by atoms with E-state index in [2.05, 4.69) is 0 Å². The van der Waals surface area contributed by atoms with Gasteiger partial charge in [-0.25, -0.2) is 0 Å². The smallest absolute Gasteiger partial charge is 0.306 e. The van der Waals surface area contributed by atoms with Crippen LogP contribution in [0.1, 0.15) is 19.3 Å². The van der Waals surface area contributed by atoms with Crippen LogP contribution in [0.2, 0.25) is 0 Å². The Kier molecular flexibility index (Phi) is 0.439. The number of esters is 1. The normalized spacial score (nSPS) is 59.3. The van der Waals surface area contributed by atoms with Crippen molar-refractivity contribution in [3.63, 3.8) is 0 Å². The van der Waals surface area contributed by atoms with Crippen LogP contribution in [-0.4, -0.2) is 12.1 Å². The first-order chi connectivity index (χ1) is 4.31. The Morgan fingerprint density at radius 1 is 1.56 bits per heavy atom. The van der Waals surface area contributed by atoms with E-state index in [0.717, 1.165) is 5.92 Å². The predicted octanol–water partition coefficient (Wildman–Crippen LogP) is 0.712. The summed E-state index contributed by atoms with van der Waals surface area (Å²) >= 11 is 0. The second-order valence-corrected chi connectivity index (χ2v) is 3.52. The summed E-state index contributed by atoms with van der Waals surface area (Å²) in [6.45, 7) is 0. The lowest BCUT2D eigenvalue weighted by Gasteiger charge is -2.07. The molecular weight excluding hydrogens is 116 g/mol. The molecule has 3 unspecified atom stereocenters. The van der Waals surface area contributed by atoms with Gasteiger partial charge in [0.25, 0.3) is 0 Å². The molecule has 1 saturated heterocycles. The lowest BCUT2D eigenvalue weighted by Crippen LogP contribution is -2.14.